The third kappa shape index (κ3) is 2.68. The van der Waals surface area contributed by atoms with Crippen molar-refractivity contribution in [3.8, 4) is 11.5 Å². The van der Waals surface area contributed by atoms with Crippen LogP contribution >= 0.6 is 0 Å². The summed E-state index contributed by atoms with van der Waals surface area (Å²) in [6.45, 7) is 4.27. The maximum atomic E-state index is 12.9. The maximum Gasteiger partial charge on any atom is 0.257 e. The molecule has 2 aromatic rings. The second-order valence-corrected chi connectivity index (χ2v) is 6.12. The van der Waals surface area contributed by atoms with Crippen LogP contribution in [0, 0.1) is 6.92 Å². The standard InChI is InChI=1S/C18H19N3O3/c1-12-5-7-19-17(20-12)13-6-8-21(11-13)18(22)14-3-2-4-15-16(14)24-10-9-23-15/h2-5,7,13H,6,8-11H2,1H3. The second kappa shape index (κ2) is 6.11. The van der Waals surface area contributed by atoms with Crippen LogP contribution in [0.5, 0.6) is 11.5 Å². The third-order valence-electron chi connectivity index (χ3n) is 4.45. The van der Waals surface area contributed by atoms with Crippen LogP contribution in [0.1, 0.15) is 34.2 Å². The highest BCUT2D eigenvalue weighted by Crippen LogP contribution is 2.35. The topological polar surface area (TPSA) is 64.6 Å². The molecular weight excluding hydrogens is 306 g/mol. The van der Waals surface area contributed by atoms with Gasteiger partial charge in [-0.25, -0.2) is 9.97 Å². The molecule has 0 spiro atoms. The minimum atomic E-state index is -0.0208. The van der Waals surface area contributed by atoms with Crippen molar-refractivity contribution >= 4 is 5.91 Å². The van der Waals surface area contributed by atoms with Crippen LogP contribution in [0.3, 0.4) is 0 Å². The molecule has 0 radical (unpaired) electrons. The van der Waals surface area contributed by atoms with Crippen molar-refractivity contribution in [3.05, 3.63) is 47.5 Å². The molecule has 1 aromatic carbocycles. The van der Waals surface area contributed by atoms with Gasteiger partial charge in [-0.2, -0.15) is 0 Å². The van der Waals surface area contributed by atoms with Crippen LogP contribution in [0.15, 0.2) is 30.5 Å². The molecule has 1 unspecified atom stereocenters. The summed E-state index contributed by atoms with van der Waals surface area (Å²) in [4.78, 5) is 23.6. The number of likely N-dealkylation sites (tertiary alicyclic amines) is 1. The van der Waals surface area contributed by atoms with Crippen molar-refractivity contribution in [1.82, 2.24) is 14.9 Å². The first kappa shape index (κ1) is 14.9. The van der Waals surface area contributed by atoms with Crippen molar-refractivity contribution in [2.24, 2.45) is 0 Å². The van der Waals surface area contributed by atoms with Gasteiger partial charge >= 0.3 is 0 Å². The lowest BCUT2D eigenvalue weighted by Gasteiger charge is -2.23. The maximum absolute atomic E-state index is 12.9. The van der Waals surface area contributed by atoms with E-state index in [4.69, 9.17) is 9.47 Å². The molecule has 1 amide bonds. The van der Waals surface area contributed by atoms with E-state index < -0.39 is 0 Å². The molecule has 2 aliphatic rings. The number of carbonyl (C=O) groups excluding carboxylic acids is 1. The molecule has 1 aromatic heterocycles. The fourth-order valence-corrected chi connectivity index (χ4v) is 3.23. The highest BCUT2D eigenvalue weighted by Gasteiger charge is 2.32. The van der Waals surface area contributed by atoms with Crippen LogP contribution in [0.2, 0.25) is 0 Å². The Hall–Kier alpha value is -2.63. The summed E-state index contributed by atoms with van der Waals surface area (Å²) in [5.41, 5.74) is 1.52. The summed E-state index contributed by atoms with van der Waals surface area (Å²) in [7, 11) is 0. The van der Waals surface area contributed by atoms with E-state index in [0.29, 0.717) is 43.4 Å². The van der Waals surface area contributed by atoms with Gasteiger partial charge in [0, 0.05) is 30.9 Å². The van der Waals surface area contributed by atoms with Gasteiger partial charge in [-0.05, 0) is 31.5 Å². The average molecular weight is 325 g/mol. The van der Waals surface area contributed by atoms with Crippen molar-refractivity contribution in [2.75, 3.05) is 26.3 Å². The first-order valence-corrected chi connectivity index (χ1v) is 8.20. The van der Waals surface area contributed by atoms with Gasteiger partial charge in [0.1, 0.15) is 19.0 Å². The number of nitrogens with zero attached hydrogens (tertiary/aromatic N) is 3. The Morgan fingerprint density at radius 3 is 3.00 bits per heavy atom. The lowest BCUT2D eigenvalue weighted by molar-refractivity contribution is 0.0780. The van der Waals surface area contributed by atoms with E-state index in [1.807, 2.05) is 30.0 Å². The van der Waals surface area contributed by atoms with Crippen LogP contribution in [0.25, 0.3) is 0 Å². The summed E-state index contributed by atoms with van der Waals surface area (Å²) in [6, 6.07) is 7.35. The second-order valence-electron chi connectivity index (χ2n) is 6.12. The van der Waals surface area contributed by atoms with E-state index in [-0.39, 0.29) is 11.8 Å². The molecule has 2 aliphatic heterocycles. The molecule has 0 bridgehead atoms. The largest absolute Gasteiger partial charge is 0.486 e. The normalized spacial score (nSPS) is 19.4. The third-order valence-corrected chi connectivity index (χ3v) is 4.45. The lowest BCUT2D eigenvalue weighted by atomic mass is 10.1. The number of ether oxygens (including phenoxy) is 2. The van der Waals surface area contributed by atoms with Gasteiger partial charge in [-0.1, -0.05) is 6.07 Å². The van der Waals surface area contributed by atoms with E-state index in [1.54, 1.807) is 12.3 Å². The molecule has 1 saturated heterocycles. The number of fused-ring (bicyclic) bond motifs is 1. The van der Waals surface area contributed by atoms with Gasteiger partial charge < -0.3 is 14.4 Å². The van der Waals surface area contributed by atoms with Crippen molar-refractivity contribution in [2.45, 2.75) is 19.3 Å². The lowest BCUT2D eigenvalue weighted by Crippen LogP contribution is -2.30. The van der Waals surface area contributed by atoms with Gasteiger partial charge in [0.15, 0.2) is 11.5 Å². The monoisotopic (exact) mass is 325 g/mol. The molecule has 0 aliphatic carbocycles. The SMILES string of the molecule is Cc1ccnc(C2CCN(C(=O)c3cccc4c3OCCO4)C2)n1. The van der Waals surface area contributed by atoms with E-state index in [1.165, 1.54) is 0 Å². The van der Waals surface area contributed by atoms with Gasteiger partial charge in [-0.15, -0.1) is 0 Å². The molecule has 0 N–H and O–H groups in total. The Labute approximate surface area is 140 Å². The minimum absolute atomic E-state index is 0.0208. The van der Waals surface area contributed by atoms with Crippen molar-refractivity contribution in [3.63, 3.8) is 0 Å². The van der Waals surface area contributed by atoms with Crippen LogP contribution in [0.4, 0.5) is 0 Å². The van der Waals surface area contributed by atoms with Crippen molar-refractivity contribution < 1.29 is 14.3 Å². The molecule has 124 valence electrons. The summed E-state index contributed by atoms with van der Waals surface area (Å²) in [6.07, 6.45) is 2.66. The Balaban J connectivity index is 1.54. The van der Waals surface area contributed by atoms with E-state index >= 15 is 0 Å². The molecular formula is C18H19N3O3. The van der Waals surface area contributed by atoms with E-state index in [2.05, 4.69) is 9.97 Å². The fourth-order valence-electron chi connectivity index (χ4n) is 3.23. The first-order valence-electron chi connectivity index (χ1n) is 8.20. The summed E-state index contributed by atoms with van der Waals surface area (Å²) in [5, 5.41) is 0. The number of amides is 1. The van der Waals surface area contributed by atoms with Gasteiger partial charge in [-0.3, -0.25) is 4.79 Å². The molecule has 3 heterocycles. The molecule has 6 heteroatoms. The van der Waals surface area contributed by atoms with Gasteiger partial charge in [0.05, 0.1) is 5.56 Å². The number of aromatic nitrogens is 2. The molecule has 1 fully saturated rings. The predicted octanol–water partition coefficient (Wildman–Crippen LogP) is 2.19. The van der Waals surface area contributed by atoms with E-state index in [9.17, 15) is 4.79 Å². The molecule has 4 rings (SSSR count). The molecule has 6 nitrogen and oxygen atoms in total. The Bertz CT molecular complexity index is 778. The predicted molar refractivity (Wildman–Crippen MR) is 87.5 cm³/mol. The zero-order valence-corrected chi connectivity index (χ0v) is 13.6. The number of rotatable bonds is 2. The smallest absolute Gasteiger partial charge is 0.257 e. The number of benzene rings is 1. The number of para-hydroxylation sites is 1. The quantitative estimate of drug-likeness (QED) is 0.847. The minimum Gasteiger partial charge on any atom is -0.486 e. The van der Waals surface area contributed by atoms with Crippen LogP contribution < -0.4 is 9.47 Å². The number of carbonyl (C=O) groups is 1. The molecule has 1 atom stereocenters. The summed E-state index contributed by atoms with van der Waals surface area (Å²) in [5.74, 6) is 2.19. The fraction of sp³-hybridized carbons (Fsp3) is 0.389. The number of aryl methyl sites for hydroxylation is 1. The Morgan fingerprint density at radius 1 is 1.25 bits per heavy atom. The van der Waals surface area contributed by atoms with Crippen molar-refractivity contribution in [1.29, 1.82) is 0 Å². The Kier molecular flexibility index (Phi) is 3.80. The van der Waals surface area contributed by atoms with Crippen LogP contribution in [-0.2, 0) is 0 Å². The summed E-state index contributed by atoms with van der Waals surface area (Å²) < 4.78 is 11.2. The summed E-state index contributed by atoms with van der Waals surface area (Å²) >= 11 is 0. The van der Waals surface area contributed by atoms with E-state index in [0.717, 1.165) is 17.9 Å². The highest BCUT2D eigenvalue weighted by molar-refractivity contribution is 5.98. The molecule has 0 saturated carbocycles. The zero-order valence-electron chi connectivity index (χ0n) is 13.6. The number of hydrogen-bond donors (Lipinski definition) is 0. The van der Waals surface area contributed by atoms with Gasteiger partial charge in [0.25, 0.3) is 5.91 Å². The van der Waals surface area contributed by atoms with Gasteiger partial charge in [0.2, 0.25) is 0 Å². The highest BCUT2D eigenvalue weighted by atomic mass is 16.6. The zero-order chi connectivity index (χ0) is 16.5. The molecule has 24 heavy (non-hydrogen) atoms. The average Bonchev–Trinajstić information content (AvgIpc) is 3.11. The van der Waals surface area contributed by atoms with Crippen LogP contribution in [-0.4, -0.2) is 47.1 Å². The number of hydrogen-bond acceptors (Lipinski definition) is 5. The first-order chi connectivity index (χ1) is 11.7. The Morgan fingerprint density at radius 2 is 2.12 bits per heavy atom.